The van der Waals surface area contributed by atoms with E-state index in [0.29, 0.717) is 0 Å². The molecule has 0 radical (unpaired) electrons. The van der Waals surface area contributed by atoms with Crippen molar-refractivity contribution < 1.29 is 0 Å². The van der Waals surface area contributed by atoms with Crippen LogP contribution in [0.25, 0.3) is 0 Å². The topological polar surface area (TPSA) is 3.24 Å². The SMILES string of the molecule is CC(C)=C(C(=P(c1ccccc1)(c1ccccc1)c1ccccc1)P(Br)(c1ccccc1)(c1ccccc1)c1ccccc1)N(c1ccccc1)c1ccccc1. The molecule has 8 rings (SSSR count). The number of nitrogens with zero attached hydrogens (tertiary/aromatic N) is 1. The van der Waals surface area contributed by atoms with Gasteiger partial charge in [-0.25, -0.2) is 0 Å². The summed E-state index contributed by atoms with van der Waals surface area (Å²) >= 11 is 5.15. The maximum atomic E-state index is 5.15. The Bertz CT molecular complexity index is 2390. The number of para-hydroxylation sites is 2. The van der Waals surface area contributed by atoms with Crippen molar-refractivity contribution in [1.29, 1.82) is 0 Å². The third-order valence-electron chi connectivity index (χ3n) is 10.8. The molecule has 0 N–H and O–H groups in total. The van der Waals surface area contributed by atoms with Gasteiger partial charge in [-0.05, 0) is 0 Å². The summed E-state index contributed by atoms with van der Waals surface area (Å²) in [7, 11) is 0. The summed E-state index contributed by atoms with van der Waals surface area (Å²) in [6.07, 6.45) is 0. The van der Waals surface area contributed by atoms with Gasteiger partial charge in [-0.15, -0.1) is 0 Å². The molecule has 0 aliphatic heterocycles. The quantitative estimate of drug-likeness (QED) is 0.117. The van der Waals surface area contributed by atoms with Gasteiger partial charge < -0.3 is 0 Å². The number of halogens is 1. The Kier molecular flexibility index (Phi) is 11.1. The third kappa shape index (κ3) is 6.57. The van der Waals surface area contributed by atoms with Gasteiger partial charge in [0.25, 0.3) is 0 Å². The molecule has 0 unspecified atom stereocenters. The van der Waals surface area contributed by atoms with Crippen molar-refractivity contribution in [3.05, 3.63) is 254 Å². The molecule has 0 saturated carbocycles. The molecule has 280 valence electrons. The predicted octanol–water partition coefficient (Wildman–Crippen LogP) is 12.1. The van der Waals surface area contributed by atoms with E-state index >= 15 is 0 Å². The fourth-order valence-electron chi connectivity index (χ4n) is 8.45. The summed E-state index contributed by atoms with van der Waals surface area (Å²) in [6.45, 7) is 1.69. The van der Waals surface area contributed by atoms with E-state index < -0.39 is 12.2 Å². The minimum atomic E-state index is -4.08. The van der Waals surface area contributed by atoms with E-state index in [0.717, 1.165) is 11.4 Å². The summed E-state index contributed by atoms with van der Waals surface area (Å²) in [5, 5.41) is 4.86. The first-order valence-corrected chi connectivity index (χ1v) is 25.5. The van der Waals surface area contributed by atoms with Crippen LogP contribution in [0, 0.1) is 0 Å². The first-order chi connectivity index (χ1) is 28.0. The summed E-state index contributed by atoms with van der Waals surface area (Å²) in [6, 6.07) is 89.7. The fraction of sp³-hybridized carbons (Fsp3) is 0.0377. The van der Waals surface area contributed by atoms with Crippen LogP contribution in [-0.4, -0.2) is 5.03 Å². The maximum absolute atomic E-state index is 5.15. The number of benzene rings is 8. The van der Waals surface area contributed by atoms with Gasteiger partial charge in [-0.2, -0.15) is 0 Å². The molecule has 0 spiro atoms. The second-order valence-corrected chi connectivity index (χ2v) is 26.3. The van der Waals surface area contributed by atoms with Crippen molar-refractivity contribution in [1.82, 2.24) is 0 Å². The number of hydrogen-bond donors (Lipinski definition) is 0. The van der Waals surface area contributed by atoms with Crippen molar-refractivity contribution in [2.24, 2.45) is 0 Å². The van der Waals surface area contributed by atoms with Crippen molar-refractivity contribution in [3.8, 4) is 0 Å². The molecular weight excluding hydrogens is 792 g/mol. The first-order valence-electron chi connectivity index (χ1n) is 19.4. The van der Waals surface area contributed by atoms with Gasteiger partial charge in [-0.1, -0.05) is 0 Å². The molecule has 0 aliphatic rings. The Balaban J connectivity index is 1.82. The summed E-state index contributed by atoms with van der Waals surface area (Å²) < 4.78 is 0. The second-order valence-electron chi connectivity index (χ2n) is 14.4. The van der Waals surface area contributed by atoms with Crippen LogP contribution in [0.1, 0.15) is 13.8 Å². The van der Waals surface area contributed by atoms with Gasteiger partial charge in [-0.3, -0.25) is 0 Å². The second kappa shape index (κ2) is 16.5. The molecule has 0 aliphatic carbocycles. The Morgan fingerprint density at radius 1 is 0.368 bits per heavy atom. The van der Waals surface area contributed by atoms with E-state index in [-0.39, 0.29) is 0 Å². The number of anilines is 2. The van der Waals surface area contributed by atoms with Crippen LogP contribution >= 0.6 is 27.7 Å². The predicted molar refractivity (Wildman–Crippen MR) is 258 cm³/mol. The molecule has 8 aromatic rings. The molecule has 0 saturated heterocycles. The van der Waals surface area contributed by atoms with Gasteiger partial charge in [0.1, 0.15) is 0 Å². The number of rotatable bonds is 11. The van der Waals surface area contributed by atoms with E-state index in [1.807, 2.05) is 0 Å². The van der Waals surface area contributed by atoms with Crippen LogP contribution in [0.3, 0.4) is 0 Å². The van der Waals surface area contributed by atoms with Crippen molar-refractivity contribution in [2.45, 2.75) is 13.8 Å². The van der Waals surface area contributed by atoms with E-state index in [1.54, 1.807) is 0 Å². The first kappa shape index (κ1) is 38.4. The molecular formula is C53H46BrNP2. The zero-order valence-corrected chi connectivity index (χ0v) is 35.7. The van der Waals surface area contributed by atoms with Crippen LogP contribution in [0.2, 0.25) is 0 Å². The molecule has 8 aromatic carbocycles. The minimum absolute atomic E-state index is 1.09. The van der Waals surface area contributed by atoms with E-state index in [9.17, 15) is 0 Å². The normalized spacial score (nSPS) is 12.2. The standard InChI is InChI=1S/C53H46BrNP2/c1-43(2)52(55(44-27-11-3-12-28-44)45-29-13-4-14-30-45)53(56(46-31-15-5-16-32-46,47-33-17-6-18-34-47)48-35-19-7-20-36-48)57(54,49-37-21-8-22-38-49,50-39-23-9-24-40-50)51-41-25-10-26-42-51/h3-42H,1-2H3. The monoisotopic (exact) mass is 837 g/mol. The third-order valence-corrected chi connectivity index (χ3v) is 27.4. The van der Waals surface area contributed by atoms with Gasteiger partial charge >= 0.3 is 349 Å². The number of allylic oxidation sites excluding steroid dienone is 2. The molecule has 0 heterocycles. The molecule has 0 amide bonds. The molecule has 0 fully saturated rings. The summed E-state index contributed by atoms with van der Waals surface area (Å²) in [4.78, 5) is 2.53. The van der Waals surface area contributed by atoms with Crippen molar-refractivity contribution in [2.75, 3.05) is 4.90 Å². The Morgan fingerprint density at radius 3 is 0.877 bits per heavy atom. The summed E-state index contributed by atoms with van der Waals surface area (Å²) in [5.74, 6) is 0. The van der Waals surface area contributed by atoms with E-state index in [1.165, 1.54) is 48.1 Å². The van der Waals surface area contributed by atoms with Gasteiger partial charge in [0.15, 0.2) is 0 Å². The average molecular weight is 839 g/mol. The average Bonchev–Trinajstić information content (AvgIpc) is 3.30. The van der Waals surface area contributed by atoms with Crippen molar-refractivity contribution in [3.63, 3.8) is 0 Å². The number of hydrogen-bond acceptors (Lipinski definition) is 1. The van der Waals surface area contributed by atoms with E-state index in [4.69, 9.17) is 15.5 Å². The van der Waals surface area contributed by atoms with Crippen LogP contribution in [-0.2, 0) is 0 Å². The molecule has 4 heteroatoms. The van der Waals surface area contributed by atoms with Crippen LogP contribution in [0.15, 0.2) is 254 Å². The zero-order valence-electron chi connectivity index (χ0n) is 32.3. The van der Waals surface area contributed by atoms with E-state index in [2.05, 4.69) is 261 Å². The Morgan fingerprint density at radius 2 is 0.614 bits per heavy atom. The van der Waals surface area contributed by atoms with Gasteiger partial charge in [0.2, 0.25) is 0 Å². The van der Waals surface area contributed by atoms with Gasteiger partial charge in [0.05, 0.1) is 0 Å². The Labute approximate surface area is 346 Å². The zero-order chi connectivity index (χ0) is 39.2. The van der Waals surface area contributed by atoms with Crippen LogP contribution < -0.4 is 36.7 Å². The summed E-state index contributed by atoms with van der Waals surface area (Å²) in [5.41, 5.74) is 4.58. The fourth-order valence-corrected chi connectivity index (χ4v) is 26.2. The Hall–Kier alpha value is -5.49. The van der Waals surface area contributed by atoms with Crippen LogP contribution in [0.4, 0.5) is 11.4 Å². The molecule has 57 heavy (non-hydrogen) atoms. The van der Waals surface area contributed by atoms with Gasteiger partial charge in [0, 0.05) is 0 Å². The molecule has 0 bridgehead atoms. The molecule has 1 nitrogen and oxygen atoms in total. The van der Waals surface area contributed by atoms with Crippen LogP contribution in [0.5, 0.6) is 0 Å². The van der Waals surface area contributed by atoms with Crippen molar-refractivity contribution >= 4 is 75.9 Å². The molecule has 0 atom stereocenters. The molecule has 0 aromatic heterocycles.